The van der Waals surface area contributed by atoms with Gasteiger partial charge in [0.25, 0.3) is 0 Å². The molecule has 1 amide bonds. The first-order chi connectivity index (χ1) is 6.72. The second kappa shape index (κ2) is 4.83. The van der Waals surface area contributed by atoms with Crippen molar-refractivity contribution in [2.75, 3.05) is 13.2 Å². The lowest BCUT2D eigenvalue weighted by atomic mass is 9.87. The third-order valence-corrected chi connectivity index (χ3v) is 2.46. The molecule has 1 heterocycles. The van der Waals surface area contributed by atoms with Gasteiger partial charge in [0, 0.05) is 19.6 Å². The predicted molar refractivity (Wildman–Crippen MR) is 54.6 cm³/mol. The highest BCUT2D eigenvalue weighted by molar-refractivity contribution is 5.87. The molecule has 76 valence electrons. The van der Waals surface area contributed by atoms with Crippen molar-refractivity contribution >= 4 is 5.91 Å². The molecule has 0 aromatic rings. The zero-order valence-electron chi connectivity index (χ0n) is 8.21. The lowest BCUT2D eigenvalue weighted by Gasteiger charge is -2.36. The van der Waals surface area contributed by atoms with Crippen LogP contribution in [0.5, 0.6) is 0 Å². The molecule has 0 atom stereocenters. The SMILES string of the molecule is C#CCC1(NC(=O)C=C)CCOCC1. The highest BCUT2D eigenvalue weighted by Gasteiger charge is 2.32. The summed E-state index contributed by atoms with van der Waals surface area (Å²) in [5.74, 6) is 2.44. The zero-order valence-corrected chi connectivity index (χ0v) is 8.21. The van der Waals surface area contributed by atoms with Crippen LogP contribution >= 0.6 is 0 Å². The van der Waals surface area contributed by atoms with E-state index in [0.29, 0.717) is 19.6 Å². The van der Waals surface area contributed by atoms with Crippen LogP contribution in [0, 0.1) is 12.3 Å². The molecule has 1 fully saturated rings. The average molecular weight is 193 g/mol. The lowest BCUT2D eigenvalue weighted by Crippen LogP contribution is -2.51. The van der Waals surface area contributed by atoms with Crippen LogP contribution in [0.2, 0.25) is 0 Å². The minimum atomic E-state index is -0.279. The Hall–Kier alpha value is -1.27. The molecule has 0 aliphatic carbocycles. The van der Waals surface area contributed by atoms with Gasteiger partial charge in [-0.1, -0.05) is 6.58 Å². The molecule has 0 aromatic carbocycles. The number of rotatable bonds is 3. The summed E-state index contributed by atoms with van der Waals surface area (Å²) in [4.78, 5) is 11.2. The van der Waals surface area contributed by atoms with Crippen molar-refractivity contribution in [1.29, 1.82) is 0 Å². The van der Waals surface area contributed by atoms with Gasteiger partial charge in [-0.15, -0.1) is 12.3 Å². The Morgan fingerprint density at radius 1 is 1.64 bits per heavy atom. The fourth-order valence-corrected chi connectivity index (χ4v) is 1.62. The Bertz CT molecular complexity index is 259. The van der Waals surface area contributed by atoms with Crippen molar-refractivity contribution in [3.63, 3.8) is 0 Å². The zero-order chi connectivity index (χ0) is 10.4. The van der Waals surface area contributed by atoms with Crippen molar-refractivity contribution in [3.05, 3.63) is 12.7 Å². The van der Waals surface area contributed by atoms with E-state index in [1.165, 1.54) is 6.08 Å². The van der Waals surface area contributed by atoms with Gasteiger partial charge in [0.1, 0.15) is 0 Å². The fourth-order valence-electron chi connectivity index (χ4n) is 1.62. The molecule has 14 heavy (non-hydrogen) atoms. The summed E-state index contributed by atoms with van der Waals surface area (Å²) in [7, 11) is 0. The van der Waals surface area contributed by atoms with Gasteiger partial charge in [0.05, 0.1) is 5.54 Å². The number of hydrogen-bond acceptors (Lipinski definition) is 2. The van der Waals surface area contributed by atoms with Crippen molar-refractivity contribution in [1.82, 2.24) is 5.32 Å². The van der Waals surface area contributed by atoms with Crippen LogP contribution in [0.25, 0.3) is 0 Å². The van der Waals surface area contributed by atoms with Crippen molar-refractivity contribution < 1.29 is 9.53 Å². The molecule has 0 saturated carbocycles. The van der Waals surface area contributed by atoms with Gasteiger partial charge in [-0.3, -0.25) is 4.79 Å². The Kier molecular flexibility index (Phi) is 3.73. The molecular weight excluding hydrogens is 178 g/mol. The summed E-state index contributed by atoms with van der Waals surface area (Å²) in [5, 5.41) is 2.90. The van der Waals surface area contributed by atoms with E-state index in [2.05, 4.69) is 17.8 Å². The summed E-state index contributed by atoms with van der Waals surface area (Å²) in [6.07, 6.45) is 8.67. The number of carbonyl (C=O) groups excluding carboxylic acids is 1. The molecule has 1 saturated heterocycles. The Morgan fingerprint density at radius 2 is 2.29 bits per heavy atom. The molecule has 1 rings (SSSR count). The molecule has 0 unspecified atom stereocenters. The van der Waals surface area contributed by atoms with Crippen LogP contribution in [-0.4, -0.2) is 24.7 Å². The van der Waals surface area contributed by atoms with E-state index in [1.807, 2.05) is 0 Å². The average Bonchev–Trinajstić information content (AvgIpc) is 2.19. The number of hydrogen-bond donors (Lipinski definition) is 1. The number of ether oxygens (including phenoxy) is 1. The highest BCUT2D eigenvalue weighted by Crippen LogP contribution is 2.23. The van der Waals surface area contributed by atoms with Crippen molar-refractivity contribution in [2.24, 2.45) is 0 Å². The largest absolute Gasteiger partial charge is 0.381 e. The van der Waals surface area contributed by atoms with E-state index < -0.39 is 0 Å². The number of nitrogens with one attached hydrogen (secondary N) is 1. The maximum Gasteiger partial charge on any atom is 0.243 e. The normalized spacial score (nSPS) is 19.4. The molecule has 0 spiro atoms. The molecular formula is C11H15NO2. The lowest BCUT2D eigenvalue weighted by molar-refractivity contribution is -0.119. The first-order valence-electron chi connectivity index (χ1n) is 4.68. The van der Waals surface area contributed by atoms with E-state index in [0.717, 1.165) is 12.8 Å². The molecule has 1 aliphatic heterocycles. The van der Waals surface area contributed by atoms with E-state index >= 15 is 0 Å². The Labute approximate surface area is 84.5 Å². The van der Waals surface area contributed by atoms with Crippen molar-refractivity contribution in [2.45, 2.75) is 24.8 Å². The second-order valence-corrected chi connectivity index (χ2v) is 3.47. The van der Waals surface area contributed by atoms with E-state index in [1.54, 1.807) is 0 Å². The van der Waals surface area contributed by atoms with Gasteiger partial charge < -0.3 is 10.1 Å². The van der Waals surface area contributed by atoms with Gasteiger partial charge >= 0.3 is 0 Å². The number of terminal acetylenes is 1. The number of amides is 1. The Balaban J connectivity index is 2.65. The minimum Gasteiger partial charge on any atom is -0.381 e. The summed E-state index contributed by atoms with van der Waals surface area (Å²) in [6, 6.07) is 0. The summed E-state index contributed by atoms with van der Waals surface area (Å²) >= 11 is 0. The molecule has 1 N–H and O–H groups in total. The van der Waals surface area contributed by atoms with Crippen LogP contribution in [0.1, 0.15) is 19.3 Å². The Morgan fingerprint density at radius 3 is 2.79 bits per heavy atom. The van der Waals surface area contributed by atoms with Crippen LogP contribution in [-0.2, 0) is 9.53 Å². The van der Waals surface area contributed by atoms with Crippen LogP contribution in [0.3, 0.4) is 0 Å². The topological polar surface area (TPSA) is 38.3 Å². The van der Waals surface area contributed by atoms with Crippen LogP contribution < -0.4 is 5.32 Å². The molecule has 1 aliphatic rings. The van der Waals surface area contributed by atoms with Gasteiger partial charge in [-0.2, -0.15) is 0 Å². The summed E-state index contributed by atoms with van der Waals surface area (Å²) in [6.45, 7) is 4.73. The third-order valence-electron chi connectivity index (χ3n) is 2.46. The molecule has 0 bridgehead atoms. The summed E-state index contributed by atoms with van der Waals surface area (Å²) in [5.41, 5.74) is -0.279. The maximum absolute atomic E-state index is 11.2. The quantitative estimate of drug-likeness (QED) is 0.533. The van der Waals surface area contributed by atoms with Crippen molar-refractivity contribution in [3.8, 4) is 12.3 Å². The van der Waals surface area contributed by atoms with Gasteiger partial charge in [-0.25, -0.2) is 0 Å². The smallest absolute Gasteiger partial charge is 0.243 e. The van der Waals surface area contributed by atoms with Crippen LogP contribution in [0.4, 0.5) is 0 Å². The third kappa shape index (κ3) is 2.61. The maximum atomic E-state index is 11.2. The van der Waals surface area contributed by atoms with Gasteiger partial charge in [0.2, 0.25) is 5.91 Å². The standard InChI is InChI=1S/C11H15NO2/c1-3-5-11(12-10(13)4-2)6-8-14-9-7-11/h1,4H,2,5-9H2,(H,12,13). The first kappa shape index (κ1) is 10.8. The molecule has 3 heteroatoms. The van der Waals surface area contributed by atoms with Gasteiger partial charge in [-0.05, 0) is 18.9 Å². The second-order valence-electron chi connectivity index (χ2n) is 3.47. The van der Waals surface area contributed by atoms with E-state index in [-0.39, 0.29) is 11.4 Å². The summed E-state index contributed by atoms with van der Waals surface area (Å²) < 4.78 is 5.24. The first-order valence-corrected chi connectivity index (χ1v) is 4.68. The fraction of sp³-hybridized carbons (Fsp3) is 0.545. The number of carbonyl (C=O) groups is 1. The monoisotopic (exact) mass is 193 g/mol. The predicted octanol–water partition coefficient (Wildman–Crippen LogP) is 0.861. The molecule has 3 nitrogen and oxygen atoms in total. The van der Waals surface area contributed by atoms with E-state index in [9.17, 15) is 4.79 Å². The van der Waals surface area contributed by atoms with E-state index in [4.69, 9.17) is 11.2 Å². The van der Waals surface area contributed by atoms with Crippen LogP contribution in [0.15, 0.2) is 12.7 Å². The molecule has 0 radical (unpaired) electrons. The highest BCUT2D eigenvalue weighted by atomic mass is 16.5. The molecule has 0 aromatic heterocycles. The minimum absolute atomic E-state index is 0.165. The van der Waals surface area contributed by atoms with Gasteiger partial charge in [0.15, 0.2) is 0 Å².